The van der Waals surface area contributed by atoms with Crippen molar-refractivity contribution in [1.29, 1.82) is 0 Å². The van der Waals surface area contributed by atoms with Gasteiger partial charge >= 0.3 is 17.9 Å². The van der Waals surface area contributed by atoms with Crippen LogP contribution in [0.15, 0.2) is 97.2 Å². The molecule has 0 N–H and O–H groups in total. The standard InChI is InChI=1S/C67H114O6/c1-4-7-10-13-15-17-19-21-23-25-27-29-31-33-35-37-39-41-43-45-47-49-51-54-57-60-66(69)72-63-64(62-71-65(68)59-56-53-12-9-6-3)73-67(70)61-58-55-52-50-48-46-44-42-40-38-36-34-32-30-28-26-24-22-20-18-16-14-11-8-5-2/h7,10,15,17,21,23,26-29,33,35,39,41,45,47,64H,4-6,8-9,11-14,16,18-20,22,24-25,30-32,34,36-38,40,42-44,46,48-63H2,1-3H3/b10-7-,17-15-,23-21-,28-26-,29-27-,35-33-,41-39-,47-45-. The van der Waals surface area contributed by atoms with Crippen LogP contribution in [-0.2, 0) is 28.6 Å². The Morgan fingerprint density at radius 1 is 0.288 bits per heavy atom. The molecule has 0 aliphatic heterocycles. The second-order valence-corrected chi connectivity index (χ2v) is 20.2. The first-order valence-corrected chi connectivity index (χ1v) is 30.7. The summed E-state index contributed by atoms with van der Waals surface area (Å²) in [5.74, 6) is -0.931. The Morgan fingerprint density at radius 3 is 0.863 bits per heavy atom. The Morgan fingerprint density at radius 2 is 0.534 bits per heavy atom. The van der Waals surface area contributed by atoms with Crippen LogP contribution in [0.25, 0.3) is 0 Å². The molecule has 6 nitrogen and oxygen atoms in total. The molecule has 0 aliphatic carbocycles. The summed E-state index contributed by atoms with van der Waals surface area (Å²) in [4.78, 5) is 37.9. The number of unbranched alkanes of at least 4 members (excludes halogenated alkanes) is 28. The van der Waals surface area contributed by atoms with Crippen LogP contribution < -0.4 is 0 Å². The van der Waals surface area contributed by atoms with E-state index in [4.69, 9.17) is 14.2 Å². The van der Waals surface area contributed by atoms with Crippen molar-refractivity contribution in [2.24, 2.45) is 0 Å². The average molecular weight is 1020 g/mol. The zero-order valence-electron chi connectivity index (χ0n) is 47.9. The molecule has 0 amide bonds. The maximum atomic E-state index is 12.8. The number of carbonyl (C=O) groups excluding carboxylic acids is 3. The van der Waals surface area contributed by atoms with Crippen LogP contribution in [0.2, 0.25) is 0 Å². The van der Waals surface area contributed by atoms with Gasteiger partial charge in [0, 0.05) is 19.3 Å². The first-order valence-electron chi connectivity index (χ1n) is 30.7. The molecule has 0 fully saturated rings. The van der Waals surface area contributed by atoms with Crippen LogP contribution >= 0.6 is 0 Å². The number of rotatable bonds is 55. The van der Waals surface area contributed by atoms with Crippen LogP contribution in [0.5, 0.6) is 0 Å². The largest absolute Gasteiger partial charge is 0.462 e. The average Bonchev–Trinajstić information content (AvgIpc) is 3.39. The highest BCUT2D eigenvalue weighted by atomic mass is 16.6. The maximum absolute atomic E-state index is 12.8. The SMILES string of the molecule is CC/C=C\C/C=C\C/C=C\C/C=C\C/C=C\C/C=C\C/C=C\CCCCCC(=O)OCC(COC(=O)CCCCCCC)OC(=O)CCCCCCCCCCCCCCC/C=C\CCCCCCCCCC. The van der Waals surface area contributed by atoms with Gasteiger partial charge in [0.05, 0.1) is 0 Å². The van der Waals surface area contributed by atoms with Crippen molar-refractivity contribution in [3.8, 4) is 0 Å². The molecule has 0 heterocycles. The van der Waals surface area contributed by atoms with Crippen molar-refractivity contribution >= 4 is 17.9 Å². The fourth-order valence-corrected chi connectivity index (χ4v) is 8.48. The van der Waals surface area contributed by atoms with Crippen molar-refractivity contribution in [1.82, 2.24) is 0 Å². The molecule has 0 aliphatic rings. The Balaban J connectivity index is 4.14. The summed E-state index contributed by atoms with van der Waals surface area (Å²) in [7, 11) is 0. The third kappa shape index (κ3) is 59.1. The van der Waals surface area contributed by atoms with Crippen LogP contribution in [0.4, 0.5) is 0 Å². The number of esters is 3. The molecule has 1 unspecified atom stereocenters. The minimum absolute atomic E-state index is 0.0885. The quantitative estimate of drug-likeness (QED) is 0.0261. The van der Waals surface area contributed by atoms with Gasteiger partial charge in [-0.25, -0.2) is 0 Å². The van der Waals surface area contributed by atoms with Crippen molar-refractivity contribution in [2.75, 3.05) is 13.2 Å². The number of allylic oxidation sites excluding steroid dienone is 16. The lowest BCUT2D eigenvalue weighted by Crippen LogP contribution is -2.30. The monoisotopic (exact) mass is 1010 g/mol. The van der Waals surface area contributed by atoms with Gasteiger partial charge in [-0.15, -0.1) is 0 Å². The van der Waals surface area contributed by atoms with E-state index in [1.54, 1.807) is 0 Å². The van der Waals surface area contributed by atoms with Crippen LogP contribution in [0.3, 0.4) is 0 Å². The van der Waals surface area contributed by atoms with Gasteiger partial charge in [0.25, 0.3) is 0 Å². The van der Waals surface area contributed by atoms with Crippen molar-refractivity contribution < 1.29 is 28.6 Å². The van der Waals surface area contributed by atoms with Crippen LogP contribution in [0.1, 0.15) is 290 Å². The van der Waals surface area contributed by atoms with Gasteiger partial charge in [-0.2, -0.15) is 0 Å². The molecule has 0 aromatic rings. The molecular formula is C67H114O6. The Hall–Kier alpha value is -3.67. The molecule has 0 aromatic heterocycles. The molecule has 418 valence electrons. The summed E-state index contributed by atoms with van der Waals surface area (Å²) < 4.78 is 16.7. The lowest BCUT2D eigenvalue weighted by molar-refractivity contribution is -0.167. The Labute approximate surface area is 451 Å². The van der Waals surface area contributed by atoms with Crippen molar-refractivity contribution in [3.63, 3.8) is 0 Å². The molecule has 0 saturated heterocycles. The summed E-state index contributed by atoms with van der Waals surface area (Å²) in [6, 6.07) is 0. The lowest BCUT2D eigenvalue weighted by atomic mass is 10.0. The minimum Gasteiger partial charge on any atom is -0.462 e. The molecule has 1 atom stereocenters. The second-order valence-electron chi connectivity index (χ2n) is 20.2. The van der Waals surface area contributed by atoms with E-state index in [9.17, 15) is 14.4 Å². The van der Waals surface area contributed by atoms with Crippen LogP contribution in [-0.4, -0.2) is 37.2 Å². The van der Waals surface area contributed by atoms with Gasteiger partial charge in [-0.1, -0.05) is 266 Å². The third-order valence-corrected chi connectivity index (χ3v) is 13.1. The first kappa shape index (κ1) is 69.3. The van der Waals surface area contributed by atoms with E-state index in [-0.39, 0.29) is 31.1 Å². The smallest absolute Gasteiger partial charge is 0.306 e. The minimum atomic E-state index is -0.789. The molecule has 0 radical (unpaired) electrons. The summed E-state index contributed by atoms with van der Waals surface area (Å²) in [6.07, 6.45) is 81.7. The zero-order valence-corrected chi connectivity index (χ0v) is 47.9. The number of hydrogen-bond donors (Lipinski definition) is 0. The predicted molar refractivity (Wildman–Crippen MR) is 316 cm³/mol. The van der Waals surface area contributed by atoms with Gasteiger partial charge in [0.15, 0.2) is 6.10 Å². The number of carbonyl (C=O) groups is 3. The Bertz CT molecular complexity index is 1440. The lowest BCUT2D eigenvalue weighted by Gasteiger charge is -2.18. The third-order valence-electron chi connectivity index (χ3n) is 13.1. The van der Waals surface area contributed by atoms with Crippen LogP contribution in [0, 0.1) is 0 Å². The molecule has 0 spiro atoms. The topological polar surface area (TPSA) is 78.9 Å². The van der Waals surface area contributed by atoms with Gasteiger partial charge in [0.2, 0.25) is 0 Å². The highest BCUT2D eigenvalue weighted by Gasteiger charge is 2.19. The normalized spacial score (nSPS) is 12.8. The van der Waals surface area contributed by atoms with Gasteiger partial charge in [-0.3, -0.25) is 14.4 Å². The van der Waals surface area contributed by atoms with Gasteiger partial charge < -0.3 is 14.2 Å². The maximum Gasteiger partial charge on any atom is 0.306 e. The number of hydrogen-bond acceptors (Lipinski definition) is 6. The van der Waals surface area contributed by atoms with Gasteiger partial charge in [0.1, 0.15) is 13.2 Å². The highest BCUT2D eigenvalue weighted by Crippen LogP contribution is 2.16. The number of ether oxygens (including phenoxy) is 3. The molecule has 0 rings (SSSR count). The molecule has 0 bridgehead atoms. The summed E-state index contributed by atoms with van der Waals surface area (Å²) in [6.45, 7) is 6.43. The second kappa shape index (κ2) is 60.9. The zero-order chi connectivity index (χ0) is 52.9. The van der Waals surface area contributed by atoms with E-state index in [0.717, 1.165) is 116 Å². The first-order chi connectivity index (χ1) is 36.0. The van der Waals surface area contributed by atoms with E-state index < -0.39 is 6.10 Å². The summed E-state index contributed by atoms with van der Waals surface area (Å²) >= 11 is 0. The summed E-state index contributed by atoms with van der Waals surface area (Å²) in [5, 5.41) is 0. The van der Waals surface area contributed by atoms with E-state index in [1.165, 1.54) is 135 Å². The fraction of sp³-hybridized carbons (Fsp3) is 0.716. The molecule has 0 saturated carbocycles. The highest BCUT2D eigenvalue weighted by molar-refractivity contribution is 5.71. The molecule has 73 heavy (non-hydrogen) atoms. The molecule has 6 heteroatoms. The van der Waals surface area contributed by atoms with E-state index in [0.29, 0.717) is 19.3 Å². The van der Waals surface area contributed by atoms with Crippen molar-refractivity contribution in [2.45, 2.75) is 297 Å². The van der Waals surface area contributed by atoms with E-state index in [2.05, 4.69) is 118 Å². The molecular weight excluding hydrogens is 901 g/mol. The fourth-order valence-electron chi connectivity index (χ4n) is 8.48. The predicted octanol–water partition coefficient (Wildman–Crippen LogP) is 20.9. The Kier molecular flexibility index (Phi) is 57.8. The van der Waals surface area contributed by atoms with E-state index >= 15 is 0 Å². The van der Waals surface area contributed by atoms with Gasteiger partial charge in [-0.05, 0) is 103 Å². The van der Waals surface area contributed by atoms with Crippen molar-refractivity contribution in [3.05, 3.63) is 97.2 Å². The molecule has 0 aromatic carbocycles. The summed E-state index contributed by atoms with van der Waals surface area (Å²) in [5.41, 5.74) is 0. The van der Waals surface area contributed by atoms with E-state index in [1.807, 2.05) is 0 Å².